The van der Waals surface area contributed by atoms with Gasteiger partial charge in [0.1, 0.15) is 0 Å². The van der Waals surface area contributed by atoms with E-state index in [0.29, 0.717) is 11.4 Å². The van der Waals surface area contributed by atoms with Crippen LogP contribution in [0.3, 0.4) is 0 Å². The van der Waals surface area contributed by atoms with Crippen LogP contribution in [0.15, 0.2) is 29.2 Å². The number of sulfonamides is 1. The molecule has 1 aromatic carbocycles. The molecule has 0 aliphatic rings. The lowest BCUT2D eigenvalue weighted by molar-refractivity contribution is 0.486. The molecule has 0 spiro atoms. The van der Waals surface area contributed by atoms with Crippen molar-refractivity contribution >= 4 is 10.0 Å². The summed E-state index contributed by atoms with van der Waals surface area (Å²) in [6, 6.07) is 7.21. The number of nitrogens with zero attached hydrogens (tertiary/aromatic N) is 1. The summed E-state index contributed by atoms with van der Waals surface area (Å²) >= 11 is 0. The van der Waals surface area contributed by atoms with Crippen molar-refractivity contribution in [1.82, 2.24) is 9.62 Å². The van der Waals surface area contributed by atoms with Crippen LogP contribution in [0.25, 0.3) is 0 Å². The number of aryl methyl sites for hydroxylation is 1. The van der Waals surface area contributed by atoms with E-state index in [1.54, 1.807) is 19.2 Å². The Balaban J connectivity index is 2.66. The van der Waals surface area contributed by atoms with E-state index in [1.165, 1.54) is 9.87 Å². The highest BCUT2D eigenvalue weighted by Crippen LogP contribution is 2.15. The summed E-state index contributed by atoms with van der Waals surface area (Å²) in [4.78, 5) is 0.368. The summed E-state index contributed by atoms with van der Waals surface area (Å²) in [7, 11) is -1.72. The Bertz CT molecular complexity index is 469. The molecule has 0 fully saturated rings. The fourth-order valence-electron chi connectivity index (χ4n) is 1.77. The molecule has 1 N–H and O–H groups in total. The van der Waals surface area contributed by atoms with Gasteiger partial charge in [0, 0.05) is 13.6 Å². The SMILES string of the molecule is CCNCCCc1ccc(S(=O)(=O)N(C)CC)cc1. The van der Waals surface area contributed by atoms with Gasteiger partial charge in [0.05, 0.1) is 4.90 Å². The smallest absolute Gasteiger partial charge is 0.242 e. The van der Waals surface area contributed by atoms with Crippen molar-refractivity contribution in [2.24, 2.45) is 0 Å². The van der Waals surface area contributed by atoms with Crippen molar-refractivity contribution < 1.29 is 8.42 Å². The number of nitrogens with one attached hydrogen (secondary N) is 1. The van der Waals surface area contributed by atoms with Crippen molar-refractivity contribution in [2.75, 3.05) is 26.7 Å². The minimum atomic E-state index is -3.31. The summed E-state index contributed by atoms with van der Waals surface area (Å²) in [6.45, 7) is 6.37. The van der Waals surface area contributed by atoms with Gasteiger partial charge < -0.3 is 5.32 Å². The van der Waals surface area contributed by atoms with Gasteiger partial charge in [0.15, 0.2) is 0 Å². The van der Waals surface area contributed by atoms with Crippen molar-refractivity contribution in [3.8, 4) is 0 Å². The molecule has 108 valence electrons. The molecule has 0 aliphatic carbocycles. The first-order valence-corrected chi connectivity index (χ1v) is 8.22. The van der Waals surface area contributed by atoms with Crippen molar-refractivity contribution in [2.45, 2.75) is 31.6 Å². The molecule has 0 atom stereocenters. The highest BCUT2D eigenvalue weighted by atomic mass is 32.2. The van der Waals surface area contributed by atoms with Gasteiger partial charge >= 0.3 is 0 Å². The zero-order valence-electron chi connectivity index (χ0n) is 12.0. The first-order valence-electron chi connectivity index (χ1n) is 6.78. The Hall–Kier alpha value is -0.910. The van der Waals surface area contributed by atoms with Gasteiger partial charge in [-0.2, -0.15) is 0 Å². The second kappa shape index (κ2) is 7.62. The van der Waals surface area contributed by atoms with Gasteiger partial charge in [0.25, 0.3) is 0 Å². The van der Waals surface area contributed by atoms with E-state index in [9.17, 15) is 8.42 Å². The maximum atomic E-state index is 12.1. The number of benzene rings is 1. The van der Waals surface area contributed by atoms with E-state index in [4.69, 9.17) is 0 Å². The zero-order valence-corrected chi connectivity index (χ0v) is 12.8. The predicted octanol–water partition coefficient (Wildman–Crippen LogP) is 1.87. The van der Waals surface area contributed by atoms with E-state index in [0.717, 1.165) is 25.9 Å². The second-order valence-corrected chi connectivity index (χ2v) is 6.57. The molecule has 0 amide bonds. The molecule has 0 aliphatic heterocycles. The minimum Gasteiger partial charge on any atom is -0.317 e. The van der Waals surface area contributed by atoms with Gasteiger partial charge in [-0.15, -0.1) is 0 Å². The van der Waals surface area contributed by atoms with Gasteiger partial charge in [-0.3, -0.25) is 0 Å². The van der Waals surface area contributed by atoms with Crippen LogP contribution in [-0.4, -0.2) is 39.4 Å². The van der Waals surface area contributed by atoms with Crippen molar-refractivity contribution in [3.05, 3.63) is 29.8 Å². The molecule has 5 heteroatoms. The monoisotopic (exact) mass is 284 g/mol. The maximum Gasteiger partial charge on any atom is 0.242 e. The highest BCUT2D eigenvalue weighted by Gasteiger charge is 2.18. The molecule has 1 rings (SSSR count). The molecule has 1 aromatic rings. The lowest BCUT2D eigenvalue weighted by Gasteiger charge is -2.15. The van der Waals surface area contributed by atoms with Crippen LogP contribution in [0, 0.1) is 0 Å². The van der Waals surface area contributed by atoms with Crippen LogP contribution in [0.2, 0.25) is 0 Å². The molecule has 0 saturated heterocycles. The highest BCUT2D eigenvalue weighted by molar-refractivity contribution is 7.89. The zero-order chi connectivity index (χ0) is 14.3. The predicted molar refractivity (Wildman–Crippen MR) is 78.8 cm³/mol. The quantitative estimate of drug-likeness (QED) is 0.741. The standard InChI is InChI=1S/C14H24N2O2S/c1-4-15-12-6-7-13-8-10-14(11-9-13)19(17,18)16(3)5-2/h8-11,15H,4-7,12H2,1-3H3. The molecule has 0 bridgehead atoms. The summed E-state index contributed by atoms with van der Waals surface area (Å²) in [5.74, 6) is 0. The van der Waals surface area contributed by atoms with E-state index in [1.807, 2.05) is 19.1 Å². The largest absolute Gasteiger partial charge is 0.317 e. The molecule has 0 unspecified atom stereocenters. The van der Waals surface area contributed by atoms with Gasteiger partial charge in [-0.05, 0) is 43.6 Å². The Kier molecular flexibility index (Phi) is 6.48. The first kappa shape index (κ1) is 16.1. The van der Waals surface area contributed by atoms with Crippen LogP contribution in [-0.2, 0) is 16.4 Å². The van der Waals surface area contributed by atoms with E-state index < -0.39 is 10.0 Å². The molecule has 0 heterocycles. The number of hydrogen-bond donors (Lipinski definition) is 1. The van der Waals surface area contributed by atoms with Crippen LogP contribution < -0.4 is 5.32 Å². The van der Waals surface area contributed by atoms with Gasteiger partial charge in [0.2, 0.25) is 10.0 Å². The third kappa shape index (κ3) is 4.60. The fourth-order valence-corrected chi connectivity index (χ4v) is 2.95. The normalized spacial score (nSPS) is 12.0. The Labute approximate surface area is 116 Å². The second-order valence-electron chi connectivity index (χ2n) is 4.52. The Morgan fingerprint density at radius 2 is 1.79 bits per heavy atom. The van der Waals surface area contributed by atoms with Crippen LogP contribution in [0.4, 0.5) is 0 Å². The number of rotatable bonds is 8. The topological polar surface area (TPSA) is 49.4 Å². The average molecular weight is 284 g/mol. The van der Waals surface area contributed by atoms with E-state index in [2.05, 4.69) is 12.2 Å². The average Bonchev–Trinajstić information content (AvgIpc) is 2.43. The maximum absolute atomic E-state index is 12.1. The van der Waals surface area contributed by atoms with Crippen LogP contribution >= 0.6 is 0 Å². The lowest BCUT2D eigenvalue weighted by atomic mass is 10.1. The van der Waals surface area contributed by atoms with Crippen LogP contribution in [0.5, 0.6) is 0 Å². The summed E-state index contributed by atoms with van der Waals surface area (Å²) < 4.78 is 25.5. The van der Waals surface area contributed by atoms with Gasteiger partial charge in [-0.25, -0.2) is 12.7 Å². The summed E-state index contributed by atoms with van der Waals surface area (Å²) in [5, 5.41) is 3.27. The van der Waals surface area contributed by atoms with Crippen LogP contribution in [0.1, 0.15) is 25.8 Å². The van der Waals surface area contributed by atoms with E-state index in [-0.39, 0.29) is 0 Å². The minimum absolute atomic E-state index is 0.368. The molecule has 0 saturated carbocycles. The molecule has 19 heavy (non-hydrogen) atoms. The molecular formula is C14H24N2O2S. The lowest BCUT2D eigenvalue weighted by Crippen LogP contribution is -2.26. The molecule has 0 aromatic heterocycles. The molecular weight excluding hydrogens is 260 g/mol. The first-order chi connectivity index (χ1) is 9.02. The van der Waals surface area contributed by atoms with E-state index >= 15 is 0 Å². The fraction of sp³-hybridized carbons (Fsp3) is 0.571. The van der Waals surface area contributed by atoms with Gasteiger partial charge in [-0.1, -0.05) is 26.0 Å². The molecule has 0 radical (unpaired) electrons. The Morgan fingerprint density at radius 3 is 2.32 bits per heavy atom. The third-order valence-corrected chi connectivity index (χ3v) is 5.09. The Morgan fingerprint density at radius 1 is 1.16 bits per heavy atom. The third-order valence-electron chi connectivity index (χ3n) is 3.15. The van der Waals surface area contributed by atoms with Crippen molar-refractivity contribution in [3.63, 3.8) is 0 Å². The summed E-state index contributed by atoms with van der Waals surface area (Å²) in [5.41, 5.74) is 1.18. The molecule has 4 nitrogen and oxygen atoms in total. The van der Waals surface area contributed by atoms with Crippen molar-refractivity contribution in [1.29, 1.82) is 0 Å². The number of hydrogen-bond acceptors (Lipinski definition) is 3. The summed E-state index contributed by atoms with van der Waals surface area (Å²) in [6.07, 6.45) is 2.03.